The average molecular weight is 130 g/mol. The summed E-state index contributed by atoms with van der Waals surface area (Å²) in [6.45, 7) is 4.28. The Morgan fingerprint density at radius 2 is 2.33 bits per heavy atom. The van der Waals surface area contributed by atoms with Gasteiger partial charge in [-0.15, -0.1) is 0 Å². The minimum absolute atomic E-state index is 0.131. The largest absolute Gasteiger partial charge is 0.624 e. The van der Waals surface area contributed by atoms with Crippen LogP contribution in [0, 0.1) is 5.21 Å². The van der Waals surface area contributed by atoms with Gasteiger partial charge in [-0.05, 0) is 6.92 Å². The van der Waals surface area contributed by atoms with E-state index in [0.717, 1.165) is 11.2 Å². The van der Waals surface area contributed by atoms with E-state index in [1.165, 1.54) is 6.21 Å². The lowest BCUT2D eigenvalue weighted by Gasteiger charge is -2.02. The lowest BCUT2D eigenvalue weighted by atomic mass is 10.4. The Kier molecular flexibility index (Phi) is 4.05. The molecule has 0 amide bonds. The number of hydroxylamine groups is 1. The van der Waals surface area contributed by atoms with Crippen molar-refractivity contribution in [2.75, 3.05) is 6.54 Å². The summed E-state index contributed by atoms with van der Waals surface area (Å²) in [6.07, 6.45) is 2.34. The Labute approximate surface area is 55.8 Å². The van der Waals surface area contributed by atoms with Crippen molar-refractivity contribution in [2.24, 2.45) is 5.73 Å². The van der Waals surface area contributed by atoms with Crippen LogP contribution in [0.4, 0.5) is 0 Å². The molecule has 0 aromatic carbocycles. The first-order valence-corrected chi connectivity index (χ1v) is 3.21. The molecule has 3 heteroatoms. The quantitative estimate of drug-likeness (QED) is 0.259. The van der Waals surface area contributed by atoms with Crippen LogP contribution in [0.3, 0.4) is 0 Å². The fourth-order valence-corrected chi connectivity index (χ4v) is 0.557. The molecule has 1 unspecified atom stereocenters. The summed E-state index contributed by atoms with van der Waals surface area (Å²) >= 11 is 0. The van der Waals surface area contributed by atoms with Gasteiger partial charge in [0.2, 0.25) is 0 Å². The van der Waals surface area contributed by atoms with Gasteiger partial charge in [-0.1, -0.05) is 6.92 Å². The van der Waals surface area contributed by atoms with Crippen molar-refractivity contribution >= 4 is 6.21 Å². The fraction of sp³-hybridized carbons (Fsp3) is 0.833. The third kappa shape index (κ3) is 5.30. The molecule has 0 aliphatic heterocycles. The molecule has 0 aliphatic carbocycles. The molecule has 3 nitrogen and oxygen atoms in total. The van der Waals surface area contributed by atoms with Crippen LogP contribution >= 0.6 is 0 Å². The van der Waals surface area contributed by atoms with Crippen molar-refractivity contribution in [1.82, 2.24) is 0 Å². The van der Waals surface area contributed by atoms with Gasteiger partial charge in [0.1, 0.15) is 0 Å². The van der Waals surface area contributed by atoms with Crippen LogP contribution in [0.15, 0.2) is 0 Å². The Morgan fingerprint density at radius 3 is 2.67 bits per heavy atom. The summed E-state index contributed by atoms with van der Waals surface area (Å²) in [5.41, 5.74) is 5.33. The zero-order valence-electron chi connectivity index (χ0n) is 6.00. The molecule has 0 aromatic rings. The lowest BCUT2D eigenvalue weighted by Crippen LogP contribution is -2.22. The van der Waals surface area contributed by atoms with Gasteiger partial charge in [-0.3, -0.25) is 0 Å². The molecule has 0 fully saturated rings. The Balaban J connectivity index is 3.55. The SMILES string of the molecule is CCC/[N+]([O-])=C/C(C)N. The molecule has 54 valence electrons. The van der Waals surface area contributed by atoms with Crippen LogP contribution in [0.2, 0.25) is 0 Å². The first-order chi connectivity index (χ1) is 4.16. The van der Waals surface area contributed by atoms with Crippen molar-refractivity contribution in [1.29, 1.82) is 0 Å². The van der Waals surface area contributed by atoms with Crippen LogP contribution in [0.25, 0.3) is 0 Å². The van der Waals surface area contributed by atoms with Gasteiger partial charge in [-0.25, -0.2) is 4.74 Å². The van der Waals surface area contributed by atoms with Crippen LogP contribution in [0.5, 0.6) is 0 Å². The third-order valence-corrected chi connectivity index (χ3v) is 0.845. The van der Waals surface area contributed by atoms with Crippen molar-refractivity contribution in [3.05, 3.63) is 5.21 Å². The molecule has 0 rings (SSSR count). The highest BCUT2D eigenvalue weighted by Crippen LogP contribution is 1.77. The molecule has 0 saturated carbocycles. The molecule has 0 radical (unpaired) electrons. The normalized spacial score (nSPS) is 15.7. The van der Waals surface area contributed by atoms with Crippen LogP contribution < -0.4 is 5.73 Å². The number of rotatable bonds is 3. The van der Waals surface area contributed by atoms with E-state index in [9.17, 15) is 5.21 Å². The van der Waals surface area contributed by atoms with E-state index in [-0.39, 0.29) is 6.04 Å². The second-order valence-electron chi connectivity index (χ2n) is 2.15. The Hall–Kier alpha value is -0.570. The summed E-state index contributed by atoms with van der Waals surface area (Å²) in [7, 11) is 0. The van der Waals surface area contributed by atoms with E-state index in [0.29, 0.717) is 6.54 Å². The predicted octanol–water partition coefficient (Wildman–Crippen LogP) is 0.325. The van der Waals surface area contributed by atoms with E-state index in [4.69, 9.17) is 5.73 Å². The highest BCUT2D eigenvalue weighted by atomic mass is 16.5. The molecule has 9 heavy (non-hydrogen) atoms. The van der Waals surface area contributed by atoms with Gasteiger partial charge in [0.05, 0.1) is 6.04 Å². The minimum atomic E-state index is -0.131. The molecule has 0 saturated heterocycles. The zero-order valence-corrected chi connectivity index (χ0v) is 6.00. The van der Waals surface area contributed by atoms with E-state index < -0.39 is 0 Å². The minimum Gasteiger partial charge on any atom is -0.624 e. The highest BCUT2D eigenvalue weighted by molar-refractivity contribution is 5.57. The molecule has 0 spiro atoms. The first kappa shape index (κ1) is 8.43. The molecule has 0 bridgehead atoms. The summed E-state index contributed by atoms with van der Waals surface area (Å²) in [5, 5.41) is 10.6. The second-order valence-corrected chi connectivity index (χ2v) is 2.15. The van der Waals surface area contributed by atoms with Crippen molar-refractivity contribution in [3.63, 3.8) is 0 Å². The summed E-state index contributed by atoms with van der Waals surface area (Å²) in [4.78, 5) is 0. The van der Waals surface area contributed by atoms with E-state index in [1.807, 2.05) is 6.92 Å². The van der Waals surface area contributed by atoms with E-state index in [2.05, 4.69) is 0 Å². The standard InChI is InChI=1S/C6H14N2O/c1-3-4-8(9)5-6(2)7/h5-6H,3-4,7H2,1-2H3/b8-5-. The number of hydrogen-bond donors (Lipinski definition) is 1. The van der Waals surface area contributed by atoms with Gasteiger partial charge >= 0.3 is 0 Å². The van der Waals surface area contributed by atoms with Crippen LogP contribution in [-0.2, 0) is 0 Å². The molecule has 0 heterocycles. The molecule has 2 N–H and O–H groups in total. The van der Waals surface area contributed by atoms with E-state index in [1.54, 1.807) is 6.92 Å². The van der Waals surface area contributed by atoms with Gasteiger partial charge < -0.3 is 10.9 Å². The summed E-state index contributed by atoms with van der Waals surface area (Å²) in [5.74, 6) is 0. The zero-order chi connectivity index (χ0) is 7.28. The predicted molar refractivity (Wildman–Crippen MR) is 38.5 cm³/mol. The monoisotopic (exact) mass is 130 g/mol. The van der Waals surface area contributed by atoms with Gasteiger partial charge in [0, 0.05) is 6.42 Å². The fourth-order valence-electron chi connectivity index (χ4n) is 0.557. The average Bonchev–Trinajstić information content (AvgIpc) is 1.63. The maximum atomic E-state index is 10.6. The molecule has 0 aromatic heterocycles. The Bertz CT molecular complexity index is 99.2. The molecular weight excluding hydrogens is 116 g/mol. The molecule has 1 atom stereocenters. The topological polar surface area (TPSA) is 52.1 Å². The second kappa shape index (κ2) is 4.32. The highest BCUT2D eigenvalue weighted by Gasteiger charge is 1.93. The first-order valence-electron chi connectivity index (χ1n) is 3.21. The van der Waals surface area contributed by atoms with Gasteiger partial charge in [0.15, 0.2) is 12.8 Å². The number of nitrogens with zero attached hydrogens (tertiary/aromatic N) is 1. The van der Waals surface area contributed by atoms with Gasteiger partial charge in [0.25, 0.3) is 0 Å². The van der Waals surface area contributed by atoms with Gasteiger partial charge in [-0.2, -0.15) is 0 Å². The number of nitrogens with two attached hydrogens (primary N) is 1. The van der Waals surface area contributed by atoms with Crippen LogP contribution in [-0.4, -0.2) is 23.5 Å². The summed E-state index contributed by atoms with van der Waals surface area (Å²) in [6, 6.07) is -0.131. The molecular formula is C6H14N2O. The Morgan fingerprint density at radius 1 is 1.78 bits per heavy atom. The lowest BCUT2D eigenvalue weighted by molar-refractivity contribution is -0.454. The summed E-state index contributed by atoms with van der Waals surface area (Å²) < 4.78 is 0.880. The van der Waals surface area contributed by atoms with E-state index >= 15 is 0 Å². The van der Waals surface area contributed by atoms with Crippen LogP contribution in [0.1, 0.15) is 20.3 Å². The smallest absolute Gasteiger partial charge is 0.167 e. The molecule has 0 aliphatic rings. The maximum Gasteiger partial charge on any atom is 0.167 e. The maximum absolute atomic E-state index is 10.6. The number of hydrogen-bond acceptors (Lipinski definition) is 2. The van der Waals surface area contributed by atoms with Crippen molar-refractivity contribution < 1.29 is 4.74 Å². The third-order valence-electron chi connectivity index (χ3n) is 0.845. The van der Waals surface area contributed by atoms with Crippen molar-refractivity contribution in [2.45, 2.75) is 26.3 Å². The van der Waals surface area contributed by atoms with Crippen molar-refractivity contribution in [3.8, 4) is 0 Å².